The number of nitrogens with one attached hydrogen (secondary N) is 2. The van der Waals surface area contributed by atoms with Gasteiger partial charge in [0.1, 0.15) is 23.7 Å². The van der Waals surface area contributed by atoms with E-state index >= 15 is 0 Å². The summed E-state index contributed by atoms with van der Waals surface area (Å²) in [6, 6.07) is 25.3. The average Bonchev–Trinajstić information content (AvgIpc) is 3.08. The topological polar surface area (TPSA) is 117 Å². The SMILES string of the molecule is O=C(Nc1ccc(Sc2ccc(NC(=O)OC3CCCCC3)cc2-c2ccc(O)cc2)c(-c2ccc(O)cc2)c1)OC1CCCCC1. The van der Waals surface area contributed by atoms with Crippen molar-refractivity contribution in [1.82, 2.24) is 0 Å². The lowest BCUT2D eigenvalue weighted by atomic mass is 9.98. The number of rotatable bonds is 8. The molecule has 0 unspecified atom stereocenters. The fourth-order valence-electron chi connectivity index (χ4n) is 6.21. The van der Waals surface area contributed by atoms with Crippen molar-refractivity contribution in [2.45, 2.75) is 86.2 Å². The van der Waals surface area contributed by atoms with Crippen molar-refractivity contribution in [3.8, 4) is 33.8 Å². The van der Waals surface area contributed by atoms with E-state index in [1.54, 1.807) is 24.3 Å². The number of phenolic OH excluding ortho intramolecular Hbond substituents is 2. The third kappa shape index (κ3) is 8.80. The molecule has 0 aliphatic heterocycles. The minimum Gasteiger partial charge on any atom is -0.508 e. The first-order valence-corrected chi connectivity index (χ1v) is 17.2. The predicted octanol–water partition coefficient (Wildman–Crippen LogP) is 10.3. The van der Waals surface area contributed by atoms with E-state index in [4.69, 9.17) is 9.47 Å². The quantitative estimate of drug-likeness (QED) is 0.150. The lowest BCUT2D eigenvalue weighted by Gasteiger charge is -2.22. The highest BCUT2D eigenvalue weighted by atomic mass is 32.2. The minimum absolute atomic E-state index is 0.0555. The molecule has 4 N–H and O–H groups in total. The van der Waals surface area contributed by atoms with Crippen LogP contribution in [0.4, 0.5) is 21.0 Å². The van der Waals surface area contributed by atoms with Crippen molar-refractivity contribution in [2.75, 3.05) is 10.6 Å². The highest BCUT2D eigenvalue weighted by Crippen LogP contribution is 2.43. The summed E-state index contributed by atoms with van der Waals surface area (Å²) in [5, 5.41) is 25.7. The van der Waals surface area contributed by atoms with Crippen LogP contribution in [0.5, 0.6) is 11.5 Å². The molecule has 47 heavy (non-hydrogen) atoms. The van der Waals surface area contributed by atoms with Gasteiger partial charge in [-0.3, -0.25) is 10.6 Å². The van der Waals surface area contributed by atoms with Gasteiger partial charge in [0.15, 0.2) is 0 Å². The van der Waals surface area contributed by atoms with Crippen molar-refractivity contribution in [3.05, 3.63) is 84.9 Å². The summed E-state index contributed by atoms with van der Waals surface area (Å²) in [5.74, 6) is 0.320. The summed E-state index contributed by atoms with van der Waals surface area (Å²) in [4.78, 5) is 27.4. The number of benzene rings is 4. The maximum Gasteiger partial charge on any atom is 0.411 e. The van der Waals surface area contributed by atoms with Crippen LogP contribution in [0.1, 0.15) is 64.2 Å². The van der Waals surface area contributed by atoms with Crippen LogP contribution in [0, 0.1) is 0 Å². The molecule has 2 aliphatic carbocycles. The molecular weight excluding hydrogens is 612 g/mol. The number of ether oxygens (including phenoxy) is 2. The fourth-order valence-corrected chi connectivity index (χ4v) is 7.29. The molecule has 2 saturated carbocycles. The number of carbonyl (C=O) groups is 2. The number of aromatic hydroxyl groups is 2. The molecule has 0 heterocycles. The first-order chi connectivity index (χ1) is 22.9. The van der Waals surface area contributed by atoms with Gasteiger partial charge in [-0.2, -0.15) is 0 Å². The highest BCUT2D eigenvalue weighted by molar-refractivity contribution is 7.99. The first-order valence-electron chi connectivity index (χ1n) is 16.4. The Bertz CT molecular complexity index is 1550. The number of hydrogen-bond donors (Lipinski definition) is 4. The molecule has 0 saturated heterocycles. The highest BCUT2D eigenvalue weighted by Gasteiger charge is 2.20. The second-order valence-electron chi connectivity index (χ2n) is 12.2. The molecule has 244 valence electrons. The zero-order chi connectivity index (χ0) is 32.6. The number of phenols is 2. The zero-order valence-electron chi connectivity index (χ0n) is 26.2. The van der Waals surface area contributed by atoms with Crippen LogP contribution in [0.2, 0.25) is 0 Å². The predicted molar refractivity (Wildman–Crippen MR) is 185 cm³/mol. The van der Waals surface area contributed by atoms with Crippen molar-refractivity contribution in [1.29, 1.82) is 0 Å². The van der Waals surface area contributed by atoms with Gasteiger partial charge >= 0.3 is 12.2 Å². The van der Waals surface area contributed by atoms with Gasteiger partial charge in [-0.25, -0.2) is 9.59 Å². The Labute approximate surface area is 279 Å². The van der Waals surface area contributed by atoms with Gasteiger partial charge in [-0.15, -0.1) is 0 Å². The van der Waals surface area contributed by atoms with Crippen molar-refractivity contribution < 1.29 is 29.3 Å². The molecule has 4 aromatic rings. The van der Waals surface area contributed by atoms with E-state index in [1.807, 2.05) is 60.7 Å². The van der Waals surface area contributed by atoms with E-state index in [0.29, 0.717) is 11.4 Å². The molecule has 0 atom stereocenters. The standard InChI is InChI=1S/C38H40N2O6S/c41-29-17-11-25(12-18-29)33-23-27(39-37(43)45-31-7-3-1-4-8-31)15-21-35(33)47-36-22-16-28(24-34(36)26-13-19-30(42)20-14-26)40-38(44)46-32-9-5-2-6-10-32/h11-24,31-32,41-42H,1-10H2,(H,39,43)(H,40,44). The zero-order valence-corrected chi connectivity index (χ0v) is 27.1. The maximum atomic E-state index is 12.8. The van der Waals surface area contributed by atoms with Gasteiger partial charge in [0.25, 0.3) is 0 Å². The Morgan fingerprint density at radius 3 is 1.32 bits per heavy atom. The van der Waals surface area contributed by atoms with Crippen LogP contribution in [-0.2, 0) is 9.47 Å². The number of carbonyl (C=O) groups excluding carboxylic acids is 2. The Kier molecular flexibility index (Phi) is 10.5. The van der Waals surface area contributed by atoms with E-state index in [1.165, 1.54) is 24.6 Å². The van der Waals surface area contributed by atoms with E-state index in [-0.39, 0.29) is 23.7 Å². The Balaban J connectivity index is 1.28. The van der Waals surface area contributed by atoms with E-state index in [0.717, 1.165) is 83.4 Å². The number of anilines is 2. The molecule has 2 fully saturated rings. The summed E-state index contributed by atoms with van der Waals surface area (Å²) in [7, 11) is 0. The van der Waals surface area contributed by atoms with Crippen LogP contribution in [0.25, 0.3) is 22.3 Å². The van der Waals surface area contributed by atoms with Gasteiger partial charge in [0.05, 0.1) is 0 Å². The number of amides is 2. The molecule has 9 heteroatoms. The van der Waals surface area contributed by atoms with Gasteiger partial charge in [-0.1, -0.05) is 48.9 Å². The third-order valence-corrected chi connectivity index (χ3v) is 9.83. The van der Waals surface area contributed by atoms with Crippen LogP contribution < -0.4 is 10.6 Å². The molecule has 0 bridgehead atoms. The molecule has 2 amide bonds. The fraction of sp³-hybridized carbons (Fsp3) is 0.316. The Morgan fingerprint density at radius 2 is 0.936 bits per heavy atom. The van der Waals surface area contributed by atoms with Crippen molar-refractivity contribution in [2.24, 2.45) is 0 Å². The summed E-state index contributed by atoms with van der Waals surface area (Å²) < 4.78 is 11.4. The lowest BCUT2D eigenvalue weighted by molar-refractivity contribution is 0.0858. The van der Waals surface area contributed by atoms with Crippen LogP contribution in [0.15, 0.2) is 94.7 Å². The van der Waals surface area contributed by atoms with Gasteiger partial charge < -0.3 is 19.7 Å². The van der Waals surface area contributed by atoms with Crippen molar-refractivity contribution >= 4 is 35.3 Å². The normalized spacial score (nSPS) is 15.5. The van der Waals surface area contributed by atoms with Crippen LogP contribution in [0.3, 0.4) is 0 Å². The maximum absolute atomic E-state index is 12.8. The Morgan fingerprint density at radius 1 is 0.553 bits per heavy atom. The summed E-state index contributed by atoms with van der Waals surface area (Å²) in [5.41, 5.74) is 4.66. The molecule has 0 aromatic heterocycles. The summed E-state index contributed by atoms with van der Waals surface area (Å²) in [6.07, 6.45) is 9.16. The monoisotopic (exact) mass is 652 g/mol. The minimum atomic E-state index is -0.464. The molecule has 6 rings (SSSR count). The third-order valence-electron chi connectivity index (χ3n) is 8.68. The van der Waals surface area contributed by atoms with E-state index in [9.17, 15) is 19.8 Å². The van der Waals surface area contributed by atoms with E-state index < -0.39 is 12.2 Å². The molecule has 0 spiro atoms. The summed E-state index contributed by atoms with van der Waals surface area (Å²) in [6.45, 7) is 0. The Hall–Kier alpha value is -4.63. The molecule has 0 radical (unpaired) electrons. The average molecular weight is 653 g/mol. The van der Waals surface area contributed by atoms with Crippen LogP contribution >= 0.6 is 11.8 Å². The van der Waals surface area contributed by atoms with Gasteiger partial charge in [0, 0.05) is 21.2 Å². The van der Waals surface area contributed by atoms with Crippen molar-refractivity contribution in [3.63, 3.8) is 0 Å². The smallest absolute Gasteiger partial charge is 0.411 e. The van der Waals surface area contributed by atoms with Gasteiger partial charge in [-0.05, 0) is 134 Å². The molecule has 4 aromatic carbocycles. The second-order valence-corrected chi connectivity index (χ2v) is 13.3. The molecule has 2 aliphatic rings. The first kappa shape index (κ1) is 32.3. The largest absolute Gasteiger partial charge is 0.508 e. The summed E-state index contributed by atoms with van der Waals surface area (Å²) >= 11 is 1.54. The van der Waals surface area contributed by atoms with Crippen LogP contribution in [-0.4, -0.2) is 34.6 Å². The molecular formula is C38H40N2O6S. The van der Waals surface area contributed by atoms with Gasteiger partial charge in [0.2, 0.25) is 0 Å². The number of hydrogen-bond acceptors (Lipinski definition) is 7. The molecule has 8 nitrogen and oxygen atoms in total. The lowest BCUT2D eigenvalue weighted by Crippen LogP contribution is -2.24. The second kappa shape index (κ2) is 15.3. The van der Waals surface area contributed by atoms with E-state index in [2.05, 4.69) is 10.6 Å².